The van der Waals surface area contributed by atoms with Crippen LogP contribution in [0, 0.1) is 0 Å². The molecule has 2 rings (SSSR count). The zero-order valence-electron chi connectivity index (χ0n) is 12.5. The zero-order chi connectivity index (χ0) is 15.9. The van der Waals surface area contributed by atoms with Crippen molar-refractivity contribution >= 4 is 29.3 Å². The van der Waals surface area contributed by atoms with Gasteiger partial charge in [-0.05, 0) is 48.2 Å². The highest BCUT2D eigenvalue weighted by molar-refractivity contribution is 7.97. The Morgan fingerprint density at radius 1 is 1.00 bits per heavy atom. The Morgan fingerprint density at radius 2 is 1.59 bits per heavy atom. The minimum absolute atomic E-state index is 0.179. The summed E-state index contributed by atoms with van der Waals surface area (Å²) in [4.78, 5) is 23.5. The number of methoxy groups -OCH3 is 1. The molecule has 2 aromatic rings. The lowest BCUT2D eigenvalue weighted by atomic mass is 10.1. The molecule has 0 aliphatic heterocycles. The third-order valence-corrected chi connectivity index (χ3v) is 3.71. The molecule has 0 saturated heterocycles. The molecule has 2 aromatic carbocycles. The molecule has 0 fully saturated rings. The molecule has 5 heteroatoms. The number of benzene rings is 2. The first kappa shape index (κ1) is 16.1. The lowest BCUT2D eigenvalue weighted by molar-refractivity contribution is 0.0600. The number of amides is 1. The maximum absolute atomic E-state index is 12.2. The number of hydrogen-bond acceptors (Lipinski definition) is 4. The van der Waals surface area contributed by atoms with E-state index in [0.29, 0.717) is 16.8 Å². The first-order valence-electron chi connectivity index (χ1n) is 6.71. The maximum Gasteiger partial charge on any atom is 0.337 e. The van der Waals surface area contributed by atoms with Crippen molar-refractivity contribution in [3.05, 3.63) is 65.2 Å². The first-order valence-corrected chi connectivity index (χ1v) is 8.11. The molecule has 1 amide bonds. The number of carbonyl (C=O) groups excluding carboxylic acids is 2. The summed E-state index contributed by atoms with van der Waals surface area (Å²) in [7, 11) is 1.33. The average Bonchev–Trinajstić information content (AvgIpc) is 2.55. The van der Waals surface area contributed by atoms with Crippen LogP contribution in [-0.2, 0) is 10.5 Å². The third-order valence-electron chi connectivity index (χ3n) is 3.09. The molecule has 0 radical (unpaired) electrons. The Labute approximate surface area is 133 Å². The monoisotopic (exact) mass is 315 g/mol. The number of esters is 1. The van der Waals surface area contributed by atoms with Crippen molar-refractivity contribution in [3.8, 4) is 0 Å². The fourth-order valence-electron chi connectivity index (χ4n) is 1.93. The van der Waals surface area contributed by atoms with Gasteiger partial charge in [-0.15, -0.1) is 0 Å². The fraction of sp³-hybridized carbons (Fsp3) is 0.176. The highest BCUT2D eigenvalue weighted by Gasteiger charge is 2.08. The van der Waals surface area contributed by atoms with E-state index in [4.69, 9.17) is 0 Å². The van der Waals surface area contributed by atoms with Gasteiger partial charge in [0.25, 0.3) is 5.91 Å². The van der Waals surface area contributed by atoms with Crippen molar-refractivity contribution in [1.29, 1.82) is 0 Å². The van der Waals surface area contributed by atoms with E-state index < -0.39 is 5.97 Å². The van der Waals surface area contributed by atoms with Crippen molar-refractivity contribution in [2.45, 2.75) is 5.75 Å². The van der Waals surface area contributed by atoms with Crippen LogP contribution < -0.4 is 5.32 Å². The molecule has 0 heterocycles. The van der Waals surface area contributed by atoms with E-state index >= 15 is 0 Å². The predicted octanol–water partition coefficient (Wildman–Crippen LogP) is 3.59. The standard InChI is InChI=1S/C17H17NO3S/c1-21-17(20)14-7-9-15(10-8-14)18-16(19)13-5-3-12(4-6-13)11-22-2/h3-10H,11H2,1-2H3,(H,18,19). The maximum atomic E-state index is 12.2. The van der Waals surface area contributed by atoms with Crippen LogP contribution in [0.3, 0.4) is 0 Å². The van der Waals surface area contributed by atoms with Gasteiger partial charge in [-0.2, -0.15) is 11.8 Å². The summed E-state index contributed by atoms with van der Waals surface area (Å²) in [5.41, 5.74) is 2.86. The molecule has 4 nitrogen and oxygen atoms in total. The quantitative estimate of drug-likeness (QED) is 0.857. The molecule has 22 heavy (non-hydrogen) atoms. The number of carbonyl (C=O) groups is 2. The van der Waals surface area contributed by atoms with E-state index in [2.05, 4.69) is 10.1 Å². The smallest absolute Gasteiger partial charge is 0.337 e. The molecular formula is C17H17NO3S. The summed E-state index contributed by atoms with van der Waals surface area (Å²) in [6, 6.07) is 14.1. The number of nitrogens with one attached hydrogen (secondary N) is 1. The van der Waals surface area contributed by atoms with Crippen LogP contribution in [-0.4, -0.2) is 25.2 Å². The van der Waals surface area contributed by atoms with Crippen LogP contribution in [0.5, 0.6) is 0 Å². The number of ether oxygens (including phenoxy) is 1. The number of anilines is 1. The molecule has 114 valence electrons. The van der Waals surface area contributed by atoms with Gasteiger partial charge in [-0.3, -0.25) is 4.79 Å². The van der Waals surface area contributed by atoms with Crippen LogP contribution in [0.15, 0.2) is 48.5 Å². The van der Waals surface area contributed by atoms with Gasteiger partial charge in [-0.25, -0.2) is 4.79 Å². The summed E-state index contributed by atoms with van der Waals surface area (Å²) in [5, 5.41) is 2.80. The zero-order valence-corrected chi connectivity index (χ0v) is 13.3. The first-order chi connectivity index (χ1) is 10.6. The van der Waals surface area contributed by atoms with Gasteiger partial charge in [0.05, 0.1) is 12.7 Å². The van der Waals surface area contributed by atoms with Gasteiger partial charge in [-0.1, -0.05) is 12.1 Å². The number of thioether (sulfide) groups is 1. The van der Waals surface area contributed by atoms with Crippen molar-refractivity contribution in [2.75, 3.05) is 18.7 Å². The normalized spacial score (nSPS) is 10.1. The van der Waals surface area contributed by atoms with E-state index in [1.807, 2.05) is 30.5 Å². The second kappa shape index (κ2) is 7.66. The molecule has 0 aliphatic rings. The van der Waals surface area contributed by atoms with E-state index in [9.17, 15) is 9.59 Å². The van der Waals surface area contributed by atoms with Gasteiger partial charge in [0.2, 0.25) is 0 Å². The van der Waals surface area contributed by atoms with E-state index in [0.717, 1.165) is 5.75 Å². The fourth-order valence-corrected chi connectivity index (χ4v) is 2.46. The molecule has 0 aliphatic carbocycles. The lowest BCUT2D eigenvalue weighted by Gasteiger charge is -2.07. The Hall–Kier alpha value is -2.27. The van der Waals surface area contributed by atoms with Gasteiger partial charge in [0, 0.05) is 17.0 Å². The second-order valence-corrected chi connectivity index (χ2v) is 5.52. The minimum Gasteiger partial charge on any atom is -0.465 e. The van der Waals surface area contributed by atoms with Crippen LogP contribution in [0.4, 0.5) is 5.69 Å². The molecule has 0 bridgehead atoms. The number of rotatable bonds is 5. The SMILES string of the molecule is COC(=O)c1ccc(NC(=O)c2ccc(CSC)cc2)cc1. The Kier molecular flexibility index (Phi) is 5.61. The molecule has 0 atom stereocenters. The second-order valence-electron chi connectivity index (χ2n) is 4.65. The molecular weight excluding hydrogens is 298 g/mol. The summed E-state index contributed by atoms with van der Waals surface area (Å²) in [6.45, 7) is 0. The average molecular weight is 315 g/mol. The summed E-state index contributed by atoms with van der Waals surface area (Å²) in [5.74, 6) is 0.348. The molecule has 0 unspecified atom stereocenters. The van der Waals surface area contributed by atoms with Crippen molar-refractivity contribution in [1.82, 2.24) is 0 Å². The van der Waals surface area contributed by atoms with Crippen molar-refractivity contribution < 1.29 is 14.3 Å². The molecule has 0 spiro atoms. The summed E-state index contributed by atoms with van der Waals surface area (Å²) >= 11 is 1.74. The topological polar surface area (TPSA) is 55.4 Å². The van der Waals surface area contributed by atoms with Gasteiger partial charge >= 0.3 is 5.97 Å². The Bertz CT molecular complexity index is 651. The summed E-state index contributed by atoms with van der Waals surface area (Å²) < 4.78 is 4.63. The van der Waals surface area contributed by atoms with E-state index in [-0.39, 0.29) is 5.91 Å². The molecule has 0 saturated carbocycles. The minimum atomic E-state index is -0.401. The largest absolute Gasteiger partial charge is 0.465 e. The van der Waals surface area contributed by atoms with Gasteiger partial charge < -0.3 is 10.1 Å². The molecule has 1 N–H and O–H groups in total. The Morgan fingerprint density at radius 3 is 2.14 bits per heavy atom. The third kappa shape index (κ3) is 4.11. The van der Waals surface area contributed by atoms with Crippen LogP contribution in [0.1, 0.15) is 26.3 Å². The molecule has 0 aromatic heterocycles. The Balaban J connectivity index is 2.03. The highest BCUT2D eigenvalue weighted by atomic mass is 32.2. The van der Waals surface area contributed by atoms with Gasteiger partial charge in [0.15, 0.2) is 0 Å². The van der Waals surface area contributed by atoms with E-state index in [1.165, 1.54) is 12.7 Å². The van der Waals surface area contributed by atoms with Gasteiger partial charge in [0.1, 0.15) is 0 Å². The van der Waals surface area contributed by atoms with Crippen molar-refractivity contribution in [2.24, 2.45) is 0 Å². The lowest BCUT2D eigenvalue weighted by Crippen LogP contribution is -2.12. The highest BCUT2D eigenvalue weighted by Crippen LogP contribution is 2.14. The predicted molar refractivity (Wildman–Crippen MR) is 89.4 cm³/mol. The summed E-state index contributed by atoms with van der Waals surface area (Å²) in [6.07, 6.45) is 2.04. The van der Waals surface area contributed by atoms with Crippen LogP contribution >= 0.6 is 11.8 Å². The van der Waals surface area contributed by atoms with Crippen LogP contribution in [0.2, 0.25) is 0 Å². The van der Waals surface area contributed by atoms with Crippen LogP contribution in [0.25, 0.3) is 0 Å². The number of hydrogen-bond donors (Lipinski definition) is 1. The van der Waals surface area contributed by atoms with E-state index in [1.54, 1.807) is 36.0 Å². The van der Waals surface area contributed by atoms with Crippen molar-refractivity contribution in [3.63, 3.8) is 0 Å².